The molecule has 16 heavy (non-hydrogen) atoms. The van der Waals surface area contributed by atoms with Gasteiger partial charge in [0.05, 0.1) is 6.10 Å². The molecule has 0 saturated carbocycles. The van der Waals surface area contributed by atoms with Gasteiger partial charge >= 0.3 is 0 Å². The molecule has 1 rings (SSSR count). The molecule has 0 aliphatic carbocycles. The average molecular weight is 239 g/mol. The Labute approximate surface area is 102 Å². The molecule has 0 saturated heterocycles. The van der Waals surface area contributed by atoms with Gasteiger partial charge in [-0.3, -0.25) is 0 Å². The highest BCUT2D eigenvalue weighted by Crippen LogP contribution is 2.14. The van der Waals surface area contributed by atoms with Gasteiger partial charge in [0.2, 0.25) is 0 Å². The molecule has 1 aromatic rings. The third-order valence-electron chi connectivity index (χ3n) is 2.53. The van der Waals surface area contributed by atoms with Gasteiger partial charge in [-0.15, -0.1) is 6.58 Å². The van der Waals surface area contributed by atoms with Crippen LogP contribution in [0.2, 0.25) is 0 Å². The second kappa shape index (κ2) is 8.50. The SMILES string of the molecule is C=CCCCCCNCC(O)c1ccsc1. The van der Waals surface area contributed by atoms with E-state index in [0.29, 0.717) is 6.54 Å². The summed E-state index contributed by atoms with van der Waals surface area (Å²) in [6.07, 6.45) is 6.33. The van der Waals surface area contributed by atoms with Crippen LogP contribution in [0.4, 0.5) is 0 Å². The number of unbranched alkanes of at least 4 members (excludes halogenated alkanes) is 3. The molecule has 0 amide bonds. The fraction of sp³-hybridized carbons (Fsp3) is 0.538. The summed E-state index contributed by atoms with van der Waals surface area (Å²) in [5.41, 5.74) is 1.02. The summed E-state index contributed by atoms with van der Waals surface area (Å²) in [5, 5.41) is 17.1. The first kappa shape index (κ1) is 13.4. The number of thiophene rings is 1. The highest BCUT2D eigenvalue weighted by atomic mass is 32.1. The lowest BCUT2D eigenvalue weighted by Gasteiger charge is -2.10. The van der Waals surface area contributed by atoms with Gasteiger partial charge in [-0.25, -0.2) is 0 Å². The number of allylic oxidation sites excluding steroid dienone is 1. The van der Waals surface area contributed by atoms with Gasteiger partial charge in [0.1, 0.15) is 0 Å². The van der Waals surface area contributed by atoms with Crippen LogP contribution < -0.4 is 5.32 Å². The quantitative estimate of drug-likeness (QED) is 0.512. The van der Waals surface area contributed by atoms with Gasteiger partial charge in [-0.05, 0) is 48.2 Å². The van der Waals surface area contributed by atoms with Crippen molar-refractivity contribution in [3.63, 3.8) is 0 Å². The number of hydrogen-bond acceptors (Lipinski definition) is 3. The van der Waals surface area contributed by atoms with E-state index in [-0.39, 0.29) is 6.10 Å². The molecule has 3 heteroatoms. The minimum Gasteiger partial charge on any atom is -0.387 e. The molecule has 0 bridgehead atoms. The van der Waals surface area contributed by atoms with Gasteiger partial charge < -0.3 is 10.4 Å². The molecule has 1 aromatic heterocycles. The summed E-state index contributed by atoms with van der Waals surface area (Å²) in [5.74, 6) is 0. The lowest BCUT2D eigenvalue weighted by Crippen LogP contribution is -2.22. The topological polar surface area (TPSA) is 32.3 Å². The molecule has 1 unspecified atom stereocenters. The number of hydrogen-bond donors (Lipinski definition) is 2. The molecular weight excluding hydrogens is 218 g/mol. The summed E-state index contributed by atoms with van der Waals surface area (Å²) >= 11 is 1.62. The van der Waals surface area contributed by atoms with Crippen molar-refractivity contribution in [3.05, 3.63) is 35.0 Å². The third kappa shape index (κ3) is 5.45. The summed E-state index contributed by atoms with van der Waals surface area (Å²) < 4.78 is 0. The molecule has 1 heterocycles. The zero-order valence-corrected chi connectivity index (χ0v) is 10.5. The van der Waals surface area contributed by atoms with Crippen molar-refractivity contribution in [1.82, 2.24) is 5.32 Å². The summed E-state index contributed by atoms with van der Waals surface area (Å²) in [4.78, 5) is 0. The molecule has 0 aliphatic rings. The van der Waals surface area contributed by atoms with Gasteiger partial charge in [0.25, 0.3) is 0 Å². The predicted molar refractivity (Wildman–Crippen MR) is 70.8 cm³/mol. The molecule has 90 valence electrons. The maximum Gasteiger partial charge on any atom is 0.0922 e. The average Bonchev–Trinajstić information content (AvgIpc) is 2.81. The Hall–Kier alpha value is -0.640. The number of nitrogens with one attached hydrogen (secondary N) is 1. The predicted octanol–water partition coefficient (Wildman–Crippen LogP) is 3.12. The van der Waals surface area contributed by atoms with Crippen LogP contribution >= 0.6 is 11.3 Å². The van der Waals surface area contributed by atoms with Crippen molar-refractivity contribution < 1.29 is 5.11 Å². The largest absolute Gasteiger partial charge is 0.387 e. The van der Waals surface area contributed by atoms with Crippen LogP contribution in [0.15, 0.2) is 29.5 Å². The maximum absolute atomic E-state index is 9.78. The van der Waals surface area contributed by atoms with Crippen LogP contribution in [0.5, 0.6) is 0 Å². The zero-order chi connectivity index (χ0) is 11.6. The van der Waals surface area contributed by atoms with E-state index in [9.17, 15) is 5.11 Å². The highest BCUT2D eigenvalue weighted by molar-refractivity contribution is 7.07. The third-order valence-corrected chi connectivity index (χ3v) is 3.23. The smallest absolute Gasteiger partial charge is 0.0922 e. The van der Waals surface area contributed by atoms with Crippen molar-refractivity contribution in [3.8, 4) is 0 Å². The van der Waals surface area contributed by atoms with Crippen molar-refractivity contribution in [2.45, 2.75) is 31.8 Å². The first-order chi connectivity index (χ1) is 7.84. The normalized spacial score (nSPS) is 12.6. The van der Waals surface area contributed by atoms with Crippen LogP contribution in [0.25, 0.3) is 0 Å². The van der Waals surface area contributed by atoms with E-state index in [0.717, 1.165) is 18.5 Å². The molecule has 1 atom stereocenters. The van der Waals surface area contributed by atoms with Crippen LogP contribution in [0.1, 0.15) is 37.4 Å². The van der Waals surface area contributed by atoms with Crippen molar-refractivity contribution in [2.24, 2.45) is 0 Å². The van der Waals surface area contributed by atoms with Crippen LogP contribution in [-0.4, -0.2) is 18.2 Å². The Morgan fingerprint density at radius 3 is 3.00 bits per heavy atom. The number of aliphatic hydroxyl groups is 1. The number of aliphatic hydroxyl groups excluding tert-OH is 1. The summed E-state index contributed by atoms with van der Waals surface area (Å²) in [6.45, 7) is 5.33. The minimum absolute atomic E-state index is 0.362. The van der Waals surface area contributed by atoms with Crippen LogP contribution in [0.3, 0.4) is 0 Å². The van der Waals surface area contributed by atoms with E-state index in [4.69, 9.17) is 0 Å². The second-order valence-electron chi connectivity index (χ2n) is 3.91. The van der Waals surface area contributed by atoms with E-state index >= 15 is 0 Å². The molecular formula is C13H21NOS. The molecule has 0 aliphatic heterocycles. The summed E-state index contributed by atoms with van der Waals surface area (Å²) in [6, 6.07) is 1.97. The van der Waals surface area contributed by atoms with Gasteiger partial charge in [0, 0.05) is 6.54 Å². The van der Waals surface area contributed by atoms with Crippen molar-refractivity contribution >= 4 is 11.3 Å². The lowest BCUT2D eigenvalue weighted by atomic mass is 10.2. The van der Waals surface area contributed by atoms with Crippen LogP contribution in [-0.2, 0) is 0 Å². The maximum atomic E-state index is 9.78. The molecule has 0 spiro atoms. The zero-order valence-electron chi connectivity index (χ0n) is 9.69. The van der Waals surface area contributed by atoms with E-state index in [1.165, 1.54) is 19.3 Å². The van der Waals surface area contributed by atoms with Gasteiger partial charge in [-0.1, -0.05) is 12.5 Å². The molecule has 0 radical (unpaired) electrons. The Bertz CT molecular complexity index is 271. The first-order valence-electron chi connectivity index (χ1n) is 5.86. The Balaban J connectivity index is 1.97. The van der Waals surface area contributed by atoms with Crippen molar-refractivity contribution in [1.29, 1.82) is 0 Å². The minimum atomic E-state index is -0.362. The molecule has 2 nitrogen and oxygen atoms in total. The van der Waals surface area contributed by atoms with E-state index in [1.54, 1.807) is 11.3 Å². The van der Waals surface area contributed by atoms with Gasteiger partial charge in [0.15, 0.2) is 0 Å². The number of rotatable bonds is 9. The van der Waals surface area contributed by atoms with Crippen LogP contribution in [0, 0.1) is 0 Å². The van der Waals surface area contributed by atoms with E-state index in [2.05, 4.69) is 11.9 Å². The Morgan fingerprint density at radius 1 is 1.44 bits per heavy atom. The monoisotopic (exact) mass is 239 g/mol. The molecule has 2 N–H and O–H groups in total. The lowest BCUT2D eigenvalue weighted by molar-refractivity contribution is 0.175. The standard InChI is InChI=1S/C13H21NOS/c1-2-3-4-5-6-8-14-10-13(15)12-7-9-16-11-12/h2,7,9,11,13-15H,1,3-6,8,10H2. The van der Waals surface area contributed by atoms with E-state index < -0.39 is 0 Å². The fourth-order valence-electron chi connectivity index (χ4n) is 1.54. The van der Waals surface area contributed by atoms with Crippen molar-refractivity contribution in [2.75, 3.05) is 13.1 Å². The first-order valence-corrected chi connectivity index (χ1v) is 6.80. The highest BCUT2D eigenvalue weighted by Gasteiger charge is 2.06. The Morgan fingerprint density at radius 2 is 2.31 bits per heavy atom. The van der Waals surface area contributed by atoms with Gasteiger partial charge in [-0.2, -0.15) is 11.3 Å². The second-order valence-corrected chi connectivity index (χ2v) is 4.69. The fourth-order valence-corrected chi connectivity index (χ4v) is 2.24. The Kier molecular flexibility index (Phi) is 7.14. The summed E-state index contributed by atoms with van der Waals surface area (Å²) in [7, 11) is 0. The molecule has 0 aromatic carbocycles. The molecule has 0 fully saturated rings. The van der Waals surface area contributed by atoms with E-state index in [1.807, 2.05) is 22.9 Å².